The second-order valence-corrected chi connectivity index (χ2v) is 5.97. The standard InChI is InChI=1S/C13H19BrClNO/c1-9(2)5-12(17)8-16-7-10-6-11(14)3-4-13(10)15/h3-4,6,9,12,16-17H,5,7-8H2,1-2H3. The first-order valence-corrected chi connectivity index (χ1v) is 6.99. The minimum atomic E-state index is -0.291. The lowest BCUT2D eigenvalue weighted by molar-refractivity contribution is 0.146. The average Bonchev–Trinajstić information content (AvgIpc) is 2.22. The molecule has 0 saturated heterocycles. The molecule has 0 amide bonds. The van der Waals surface area contributed by atoms with Crippen LogP contribution in [0, 0.1) is 5.92 Å². The SMILES string of the molecule is CC(C)CC(O)CNCc1cc(Br)ccc1Cl. The molecule has 4 heteroatoms. The van der Waals surface area contributed by atoms with E-state index < -0.39 is 0 Å². The summed E-state index contributed by atoms with van der Waals surface area (Å²) in [4.78, 5) is 0. The van der Waals surface area contributed by atoms with Crippen molar-refractivity contribution < 1.29 is 5.11 Å². The Hall–Kier alpha value is -0.0900. The number of nitrogens with one attached hydrogen (secondary N) is 1. The number of benzene rings is 1. The smallest absolute Gasteiger partial charge is 0.0667 e. The molecule has 0 aromatic heterocycles. The zero-order valence-corrected chi connectivity index (χ0v) is 12.6. The molecule has 0 aliphatic carbocycles. The summed E-state index contributed by atoms with van der Waals surface area (Å²) in [7, 11) is 0. The fourth-order valence-electron chi connectivity index (χ4n) is 1.68. The minimum Gasteiger partial charge on any atom is -0.392 e. The van der Waals surface area contributed by atoms with Crippen LogP contribution in [0.3, 0.4) is 0 Å². The van der Waals surface area contributed by atoms with Crippen molar-refractivity contribution in [3.05, 3.63) is 33.3 Å². The van der Waals surface area contributed by atoms with Crippen molar-refractivity contribution in [3.63, 3.8) is 0 Å². The number of aliphatic hydroxyl groups excluding tert-OH is 1. The van der Waals surface area contributed by atoms with Gasteiger partial charge in [0.2, 0.25) is 0 Å². The van der Waals surface area contributed by atoms with Crippen LogP contribution < -0.4 is 5.32 Å². The second-order valence-electron chi connectivity index (χ2n) is 4.65. The van der Waals surface area contributed by atoms with Gasteiger partial charge in [-0.25, -0.2) is 0 Å². The highest BCUT2D eigenvalue weighted by Crippen LogP contribution is 2.20. The monoisotopic (exact) mass is 319 g/mol. The van der Waals surface area contributed by atoms with E-state index in [4.69, 9.17) is 11.6 Å². The number of hydrogen-bond donors (Lipinski definition) is 2. The second kappa shape index (κ2) is 7.37. The fraction of sp³-hybridized carbons (Fsp3) is 0.538. The predicted octanol–water partition coefficient (Wildman–Crippen LogP) is 3.60. The fourth-order valence-corrected chi connectivity index (χ4v) is 2.27. The van der Waals surface area contributed by atoms with Gasteiger partial charge in [-0.3, -0.25) is 0 Å². The van der Waals surface area contributed by atoms with Gasteiger partial charge in [-0.05, 0) is 36.1 Å². The number of aliphatic hydroxyl groups is 1. The molecule has 0 saturated carbocycles. The summed E-state index contributed by atoms with van der Waals surface area (Å²) in [5.74, 6) is 0.515. The van der Waals surface area contributed by atoms with Crippen LogP contribution in [-0.4, -0.2) is 17.8 Å². The summed E-state index contributed by atoms with van der Waals surface area (Å²) in [6.45, 7) is 5.48. The molecule has 0 bridgehead atoms. The van der Waals surface area contributed by atoms with Gasteiger partial charge in [0.05, 0.1) is 6.10 Å². The quantitative estimate of drug-likeness (QED) is 0.839. The third-order valence-electron chi connectivity index (χ3n) is 2.45. The summed E-state index contributed by atoms with van der Waals surface area (Å²) in [6.07, 6.45) is 0.528. The lowest BCUT2D eigenvalue weighted by Gasteiger charge is -2.14. The highest BCUT2D eigenvalue weighted by molar-refractivity contribution is 9.10. The number of halogens is 2. The van der Waals surface area contributed by atoms with Crippen molar-refractivity contribution in [1.82, 2.24) is 5.32 Å². The lowest BCUT2D eigenvalue weighted by atomic mass is 10.1. The van der Waals surface area contributed by atoms with Crippen LogP contribution in [0.4, 0.5) is 0 Å². The molecule has 0 aliphatic heterocycles. The minimum absolute atomic E-state index is 0.291. The van der Waals surface area contributed by atoms with Crippen molar-refractivity contribution in [2.24, 2.45) is 5.92 Å². The molecule has 1 aromatic rings. The third-order valence-corrected chi connectivity index (χ3v) is 3.31. The van der Waals surface area contributed by atoms with Gasteiger partial charge in [0.15, 0.2) is 0 Å². The Labute approximate surface area is 117 Å². The molecule has 0 spiro atoms. The Morgan fingerprint density at radius 3 is 2.76 bits per heavy atom. The highest BCUT2D eigenvalue weighted by atomic mass is 79.9. The van der Waals surface area contributed by atoms with Gasteiger partial charge in [-0.15, -0.1) is 0 Å². The van der Waals surface area contributed by atoms with Crippen LogP contribution >= 0.6 is 27.5 Å². The van der Waals surface area contributed by atoms with Crippen LogP contribution in [0.15, 0.2) is 22.7 Å². The normalized spacial score (nSPS) is 13.1. The average molecular weight is 321 g/mol. The first kappa shape index (κ1) is 15.0. The molecule has 0 fully saturated rings. The Kier molecular flexibility index (Phi) is 6.49. The van der Waals surface area contributed by atoms with E-state index in [0.29, 0.717) is 19.0 Å². The summed E-state index contributed by atoms with van der Waals surface area (Å²) in [5, 5.41) is 13.7. The molecular weight excluding hydrogens is 302 g/mol. The van der Waals surface area contributed by atoms with Crippen molar-refractivity contribution in [3.8, 4) is 0 Å². The van der Waals surface area contributed by atoms with E-state index in [1.807, 2.05) is 18.2 Å². The largest absolute Gasteiger partial charge is 0.392 e. The summed E-state index contributed by atoms with van der Waals surface area (Å²) < 4.78 is 1.02. The molecular formula is C13H19BrClNO. The maximum Gasteiger partial charge on any atom is 0.0667 e. The zero-order chi connectivity index (χ0) is 12.8. The summed E-state index contributed by atoms with van der Waals surface area (Å²) in [5.41, 5.74) is 1.04. The van der Waals surface area contributed by atoms with Crippen molar-refractivity contribution in [2.45, 2.75) is 32.9 Å². The van der Waals surface area contributed by atoms with Crippen LogP contribution in [0.5, 0.6) is 0 Å². The summed E-state index contributed by atoms with van der Waals surface area (Å²) in [6, 6.07) is 5.77. The van der Waals surface area contributed by atoms with E-state index >= 15 is 0 Å². The van der Waals surface area contributed by atoms with Gasteiger partial charge in [-0.1, -0.05) is 41.4 Å². The Bertz CT molecular complexity index is 357. The number of hydrogen-bond acceptors (Lipinski definition) is 2. The van der Waals surface area contributed by atoms with Crippen molar-refractivity contribution >= 4 is 27.5 Å². The Balaban J connectivity index is 2.38. The molecule has 0 aliphatic rings. The van der Waals surface area contributed by atoms with Gasteiger partial charge in [0.25, 0.3) is 0 Å². The highest BCUT2D eigenvalue weighted by Gasteiger charge is 2.07. The molecule has 17 heavy (non-hydrogen) atoms. The molecule has 2 N–H and O–H groups in total. The molecule has 1 unspecified atom stereocenters. The Morgan fingerprint density at radius 1 is 1.41 bits per heavy atom. The molecule has 0 heterocycles. The lowest BCUT2D eigenvalue weighted by Crippen LogP contribution is -2.27. The van der Waals surface area contributed by atoms with Crippen LogP contribution in [0.1, 0.15) is 25.8 Å². The molecule has 1 atom stereocenters. The van der Waals surface area contributed by atoms with Crippen molar-refractivity contribution in [1.29, 1.82) is 0 Å². The third kappa shape index (κ3) is 5.87. The van der Waals surface area contributed by atoms with E-state index in [2.05, 4.69) is 35.1 Å². The van der Waals surface area contributed by atoms with E-state index in [1.165, 1.54) is 0 Å². The predicted molar refractivity (Wildman–Crippen MR) is 76.3 cm³/mol. The molecule has 1 aromatic carbocycles. The topological polar surface area (TPSA) is 32.3 Å². The van der Waals surface area contributed by atoms with Gasteiger partial charge in [-0.2, -0.15) is 0 Å². The first-order chi connectivity index (χ1) is 7.99. The van der Waals surface area contributed by atoms with E-state index in [9.17, 15) is 5.11 Å². The van der Waals surface area contributed by atoms with Gasteiger partial charge >= 0.3 is 0 Å². The van der Waals surface area contributed by atoms with Crippen LogP contribution in [-0.2, 0) is 6.54 Å². The first-order valence-electron chi connectivity index (χ1n) is 5.81. The number of rotatable bonds is 6. The maximum atomic E-state index is 9.72. The maximum absolute atomic E-state index is 9.72. The molecule has 96 valence electrons. The van der Waals surface area contributed by atoms with E-state index in [0.717, 1.165) is 21.5 Å². The Morgan fingerprint density at radius 2 is 2.12 bits per heavy atom. The van der Waals surface area contributed by atoms with Gasteiger partial charge in [0, 0.05) is 22.6 Å². The molecule has 1 rings (SSSR count). The van der Waals surface area contributed by atoms with Crippen molar-refractivity contribution in [2.75, 3.05) is 6.54 Å². The van der Waals surface area contributed by atoms with Crippen LogP contribution in [0.25, 0.3) is 0 Å². The van der Waals surface area contributed by atoms with Gasteiger partial charge in [0.1, 0.15) is 0 Å². The van der Waals surface area contributed by atoms with E-state index in [1.54, 1.807) is 0 Å². The molecule has 0 radical (unpaired) electrons. The van der Waals surface area contributed by atoms with Crippen LogP contribution in [0.2, 0.25) is 5.02 Å². The van der Waals surface area contributed by atoms with E-state index in [-0.39, 0.29) is 6.10 Å². The van der Waals surface area contributed by atoms with Gasteiger partial charge < -0.3 is 10.4 Å². The zero-order valence-electron chi connectivity index (χ0n) is 10.2. The summed E-state index contributed by atoms with van der Waals surface area (Å²) >= 11 is 9.49. The molecule has 2 nitrogen and oxygen atoms in total.